The number of nitrogens with one attached hydrogen (secondary N) is 1. The number of hydrogen-bond donors (Lipinski definition) is 1. The van der Waals surface area contributed by atoms with Crippen LogP contribution in [0.1, 0.15) is 20.3 Å². The third-order valence-electron chi connectivity index (χ3n) is 1.71. The lowest BCUT2D eigenvalue weighted by Crippen LogP contribution is -2.20. The number of carbonyl (C=O) groups is 1. The van der Waals surface area contributed by atoms with Gasteiger partial charge in [-0.2, -0.15) is 11.3 Å². The molecule has 0 aliphatic heterocycles. The molecule has 0 aliphatic rings. The second-order valence-electron chi connectivity index (χ2n) is 3.07. The Kier molecular flexibility index (Phi) is 4.46. The molecule has 1 aromatic heterocycles. The Bertz CT molecular complexity index is 272. The number of esters is 1. The predicted molar refractivity (Wildman–Crippen MR) is 58.7 cm³/mol. The molecule has 1 N–H and O–H groups in total. The third-order valence-corrected chi connectivity index (χ3v) is 2.40. The Balaban J connectivity index is 2.29. The lowest BCUT2D eigenvalue weighted by molar-refractivity contribution is -0.143. The Labute approximate surface area is 88.1 Å². The maximum atomic E-state index is 11.1. The summed E-state index contributed by atoms with van der Waals surface area (Å²) in [5, 5.41) is 7.24. The molecular weight excluding hydrogens is 198 g/mol. The summed E-state index contributed by atoms with van der Waals surface area (Å²) in [7, 11) is 0. The van der Waals surface area contributed by atoms with Crippen LogP contribution in [0.3, 0.4) is 0 Å². The van der Waals surface area contributed by atoms with Gasteiger partial charge < -0.3 is 10.1 Å². The van der Waals surface area contributed by atoms with Gasteiger partial charge in [0.2, 0.25) is 0 Å². The van der Waals surface area contributed by atoms with Crippen LogP contribution in [0.25, 0.3) is 0 Å². The Hall–Kier alpha value is -1.03. The molecule has 1 aromatic rings. The van der Waals surface area contributed by atoms with Gasteiger partial charge in [-0.3, -0.25) is 4.79 Å². The first-order valence-electron chi connectivity index (χ1n) is 4.66. The average molecular weight is 213 g/mol. The molecule has 0 saturated heterocycles. The zero-order chi connectivity index (χ0) is 10.4. The van der Waals surface area contributed by atoms with Crippen molar-refractivity contribution in [3.63, 3.8) is 0 Å². The van der Waals surface area contributed by atoms with Crippen LogP contribution in [-0.4, -0.2) is 18.6 Å². The molecule has 0 bridgehead atoms. The van der Waals surface area contributed by atoms with Gasteiger partial charge in [-0.15, -0.1) is 0 Å². The van der Waals surface area contributed by atoms with Gasteiger partial charge in [0.1, 0.15) is 0 Å². The smallest absolute Gasteiger partial charge is 0.307 e. The summed E-state index contributed by atoms with van der Waals surface area (Å²) in [6, 6.07) is 2.11. The molecule has 1 rings (SSSR count). The summed E-state index contributed by atoms with van der Waals surface area (Å²) in [5.74, 6) is -0.150. The number of thiophene rings is 1. The van der Waals surface area contributed by atoms with Crippen molar-refractivity contribution in [1.82, 2.24) is 0 Å². The van der Waals surface area contributed by atoms with Crippen molar-refractivity contribution in [2.45, 2.75) is 26.3 Å². The zero-order valence-electron chi connectivity index (χ0n) is 8.45. The fourth-order valence-corrected chi connectivity index (χ4v) is 1.75. The lowest BCUT2D eigenvalue weighted by atomic mass is 10.2. The molecule has 1 atom stereocenters. The minimum absolute atomic E-state index is 0.114. The van der Waals surface area contributed by atoms with Gasteiger partial charge in [0.05, 0.1) is 13.0 Å². The highest BCUT2D eigenvalue weighted by molar-refractivity contribution is 7.08. The molecule has 0 fully saturated rings. The van der Waals surface area contributed by atoms with Crippen LogP contribution in [0, 0.1) is 0 Å². The summed E-state index contributed by atoms with van der Waals surface area (Å²) in [6.07, 6.45) is 0.406. The number of rotatable bonds is 5. The van der Waals surface area contributed by atoms with E-state index in [4.69, 9.17) is 4.74 Å². The molecule has 0 radical (unpaired) electrons. The van der Waals surface area contributed by atoms with Gasteiger partial charge in [-0.1, -0.05) is 0 Å². The van der Waals surface area contributed by atoms with Crippen molar-refractivity contribution < 1.29 is 9.53 Å². The molecule has 0 aromatic carbocycles. The topological polar surface area (TPSA) is 38.3 Å². The molecule has 0 amide bonds. The van der Waals surface area contributed by atoms with Gasteiger partial charge in [0, 0.05) is 17.1 Å². The minimum atomic E-state index is -0.150. The van der Waals surface area contributed by atoms with E-state index in [2.05, 4.69) is 5.32 Å². The van der Waals surface area contributed by atoms with Crippen LogP contribution < -0.4 is 5.32 Å². The van der Waals surface area contributed by atoms with Crippen molar-refractivity contribution in [1.29, 1.82) is 0 Å². The van der Waals surface area contributed by atoms with Crippen LogP contribution >= 0.6 is 11.3 Å². The first kappa shape index (κ1) is 11.0. The normalized spacial score (nSPS) is 12.1. The van der Waals surface area contributed by atoms with Crippen molar-refractivity contribution in [3.05, 3.63) is 16.8 Å². The molecule has 78 valence electrons. The lowest BCUT2D eigenvalue weighted by Gasteiger charge is -2.12. The van der Waals surface area contributed by atoms with E-state index in [0.717, 1.165) is 5.69 Å². The van der Waals surface area contributed by atoms with E-state index in [9.17, 15) is 4.79 Å². The quantitative estimate of drug-likeness (QED) is 0.764. The van der Waals surface area contributed by atoms with E-state index in [1.807, 2.05) is 30.7 Å². The first-order valence-corrected chi connectivity index (χ1v) is 5.61. The first-order chi connectivity index (χ1) is 6.72. The SMILES string of the molecule is CCOC(=O)CC(C)Nc1ccsc1. The van der Waals surface area contributed by atoms with Crippen LogP contribution in [0.15, 0.2) is 16.8 Å². The number of carbonyl (C=O) groups excluding carboxylic acids is 1. The van der Waals surface area contributed by atoms with Gasteiger partial charge in [-0.05, 0) is 25.3 Å². The van der Waals surface area contributed by atoms with Crippen LogP contribution in [0.5, 0.6) is 0 Å². The van der Waals surface area contributed by atoms with Crippen LogP contribution in [0.2, 0.25) is 0 Å². The second-order valence-corrected chi connectivity index (χ2v) is 3.85. The highest BCUT2D eigenvalue weighted by Crippen LogP contribution is 2.13. The maximum Gasteiger partial charge on any atom is 0.307 e. The van der Waals surface area contributed by atoms with E-state index in [1.54, 1.807) is 11.3 Å². The Morgan fingerprint density at radius 3 is 3.07 bits per heavy atom. The van der Waals surface area contributed by atoms with E-state index in [-0.39, 0.29) is 12.0 Å². The molecule has 0 aliphatic carbocycles. The Morgan fingerprint density at radius 1 is 1.71 bits per heavy atom. The third kappa shape index (κ3) is 3.79. The Morgan fingerprint density at radius 2 is 2.50 bits per heavy atom. The van der Waals surface area contributed by atoms with Gasteiger partial charge in [0.25, 0.3) is 0 Å². The fraction of sp³-hybridized carbons (Fsp3) is 0.500. The van der Waals surface area contributed by atoms with Crippen molar-refractivity contribution in [3.8, 4) is 0 Å². The van der Waals surface area contributed by atoms with Crippen molar-refractivity contribution in [2.75, 3.05) is 11.9 Å². The maximum absolute atomic E-state index is 11.1. The average Bonchev–Trinajstić information content (AvgIpc) is 2.56. The van der Waals surface area contributed by atoms with E-state index in [1.165, 1.54) is 0 Å². The molecule has 1 heterocycles. The number of ether oxygens (including phenoxy) is 1. The molecular formula is C10H15NO2S. The molecule has 3 nitrogen and oxygen atoms in total. The molecule has 0 spiro atoms. The van der Waals surface area contributed by atoms with E-state index >= 15 is 0 Å². The predicted octanol–water partition coefficient (Wildman–Crippen LogP) is 2.50. The largest absolute Gasteiger partial charge is 0.466 e. The summed E-state index contributed by atoms with van der Waals surface area (Å²) >= 11 is 1.63. The van der Waals surface area contributed by atoms with Crippen LogP contribution in [0.4, 0.5) is 5.69 Å². The number of anilines is 1. The standard InChI is InChI=1S/C10H15NO2S/c1-3-13-10(12)6-8(2)11-9-4-5-14-7-9/h4-5,7-8,11H,3,6H2,1-2H3. The minimum Gasteiger partial charge on any atom is -0.466 e. The zero-order valence-corrected chi connectivity index (χ0v) is 9.26. The summed E-state index contributed by atoms with van der Waals surface area (Å²) in [5.41, 5.74) is 1.06. The summed E-state index contributed by atoms with van der Waals surface area (Å²) in [4.78, 5) is 11.1. The highest BCUT2D eigenvalue weighted by Gasteiger charge is 2.09. The van der Waals surface area contributed by atoms with Gasteiger partial charge in [-0.25, -0.2) is 0 Å². The number of hydrogen-bond acceptors (Lipinski definition) is 4. The van der Waals surface area contributed by atoms with Gasteiger partial charge in [0.15, 0.2) is 0 Å². The summed E-state index contributed by atoms with van der Waals surface area (Å²) < 4.78 is 4.86. The molecule has 4 heteroatoms. The summed E-state index contributed by atoms with van der Waals surface area (Å²) in [6.45, 7) is 4.23. The van der Waals surface area contributed by atoms with Crippen molar-refractivity contribution >= 4 is 23.0 Å². The molecule has 0 saturated carbocycles. The van der Waals surface area contributed by atoms with Crippen LogP contribution in [-0.2, 0) is 9.53 Å². The highest BCUT2D eigenvalue weighted by atomic mass is 32.1. The fourth-order valence-electron chi connectivity index (χ4n) is 1.15. The monoisotopic (exact) mass is 213 g/mol. The molecule has 1 unspecified atom stereocenters. The second kappa shape index (κ2) is 5.65. The van der Waals surface area contributed by atoms with Crippen molar-refractivity contribution in [2.24, 2.45) is 0 Å². The molecule has 14 heavy (non-hydrogen) atoms. The van der Waals surface area contributed by atoms with E-state index < -0.39 is 0 Å². The van der Waals surface area contributed by atoms with Gasteiger partial charge >= 0.3 is 5.97 Å². The van der Waals surface area contributed by atoms with E-state index in [0.29, 0.717) is 13.0 Å².